The highest BCUT2D eigenvalue weighted by molar-refractivity contribution is 6.10. The minimum atomic E-state index is 0.589. The van der Waals surface area contributed by atoms with E-state index >= 15 is 0 Å². The summed E-state index contributed by atoms with van der Waals surface area (Å²) in [6, 6.07) is 58.9. The van der Waals surface area contributed by atoms with Gasteiger partial charge in [0.1, 0.15) is 28.0 Å². The molecule has 0 saturated carbocycles. The highest BCUT2D eigenvalue weighted by Crippen LogP contribution is 2.39. The van der Waals surface area contributed by atoms with Gasteiger partial charge in [-0.1, -0.05) is 133 Å². The molecule has 11 aromatic rings. The molecular weight excluding hydrogens is 691 g/mol. The molecule has 11 rings (SSSR count). The van der Waals surface area contributed by atoms with Gasteiger partial charge in [-0.25, -0.2) is 24.9 Å². The number of nitrogens with zero attached hydrogens (tertiary/aromatic N) is 5. The fourth-order valence-corrected chi connectivity index (χ4v) is 7.47. The molecule has 0 N–H and O–H groups in total. The van der Waals surface area contributed by atoms with E-state index in [0.29, 0.717) is 34.6 Å². The van der Waals surface area contributed by atoms with Crippen LogP contribution in [-0.4, -0.2) is 24.9 Å². The van der Waals surface area contributed by atoms with E-state index in [-0.39, 0.29) is 0 Å². The smallest absolute Gasteiger partial charge is 0.180 e. The number of rotatable bonds is 6. The Morgan fingerprint density at radius 1 is 0.304 bits per heavy atom. The molecule has 7 heteroatoms. The van der Waals surface area contributed by atoms with Crippen LogP contribution >= 0.6 is 0 Å². The van der Waals surface area contributed by atoms with Crippen LogP contribution in [0.4, 0.5) is 0 Å². The van der Waals surface area contributed by atoms with Crippen LogP contribution in [0.15, 0.2) is 185 Å². The summed E-state index contributed by atoms with van der Waals surface area (Å²) in [5.74, 6) is 2.40. The monoisotopic (exact) mass is 719 g/mol. The Morgan fingerprint density at radius 3 is 1.61 bits per heavy atom. The number of aromatic nitrogens is 5. The predicted molar refractivity (Wildman–Crippen MR) is 223 cm³/mol. The van der Waals surface area contributed by atoms with Gasteiger partial charge in [0.2, 0.25) is 0 Å². The Bertz CT molecular complexity index is 3200. The van der Waals surface area contributed by atoms with Crippen molar-refractivity contribution in [2.75, 3.05) is 0 Å². The molecule has 0 amide bonds. The third-order valence-corrected chi connectivity index (χ3v) is 10.2. The van der Waals surface area contributed by atoms with Crippen LogP contribution in [0, 0.1) is 0 Å². The number of hydrogen-bond acceptors (Lipinski definition) is 7. The second-order valence-corrected chi connectivity index (χ2v) is 13.6. The lowest BCUT2D eigenvalue weighted by molar-refractivity contribution is 0.666. The number of benzene rings is 7. The molecule has 4 aromatic heterocycles. The fraction of sp³-hybridized carbons (Fsp3) is 0. The second-order valence-electron chi connectivity index (χ2n) is 13.6. The van der Waals surface area contributed by atoms with E-state index in [4.69, 9.17) is 33.8 Å². The lowest BCUT2D eigenvalue weighted by Gasteiger charge is -2.13. The first-order chi connectivity index (χ1) is 27.7. The number of hydrogen-bond donors (Lipinski definition) is 0. The van der Waals surface area contributed by atoms with Crippen molar-refractivity contribution in [3.8, 4) is 67.9 Å². The Kier molecular flexibility index (Phi) is 7.35. The van der Waals surface area contributed by atoms with Crippen molar-refractivity contribution >= 4 is 44.0 Å². The summed E-state index contributed by atoms with van der Waals surface area (Å²) in [6.07, 6.45) is 0. The molecule has 0 saturated heterocycles. The van der Waals surface area contributed by atoms with Crippen LogP contribution in [0.1, 0.15) is 0 Å². The third-order valence-electron chi connectivity index (χ3n) is 10.2. The van der Waals surface area contributed by atoms with E-state index in [1.807, 2.05) is 133 Å². The lowest BCUT2D eigenvalue weighted by atomic mass is 9.97. The van der Waals surface area contributed by atoms with E-state index in [1.165, 1.54) is 0 Å². The first kappa shape index (κ1) is 31.7. The van der Waals surface area contributed by atoms with Crippen LogP contribution < -0.4 is 0 Å². The molecule has 0 aliphatic rings. The summed E-state index contributed by atoms with van der Waals surface area (Å²) >= 11 is 0. The summed E-state index contributed by atoms with van der Waals surface area (Å²) in [7, 11) is 0. The van der Waals surface area contributed by atoms with E-state index in [2.05, 4.69) is 42.5 Å². The van der Waals surface area contributed by atoms with E-state index in [1.54, 1.807) is 0 Å². The Morgan fingerprint density at radius 2 is 0.857 bits per heavy atom. The normalized spacial score (nSPS) is 11.6. The van der Waals surface area contributed by atoms with Crippen molar-refractivity contribution in [2.45, 2.75) is 0 Å². The van der Waals surface area contributed by atoms with Gasteiger partial charge in [0.15, 0.2) is 28.9 Å². The molecule has 7 aromatic carbocycles. The van der Waals surface area contributed by atoms with Crippen LogP contribution in [0.5, 0.6) is 0 Å². The van der Waals surface area contributed by atoms with Crippen molar-refractivity contribution in [3.05, 3.63) is 176 Å². The van der Waals surface area contributed by atoms with E-state index in [9.17, 15) is 0 Å². The number of para-hydroxylation sites is 2. The summed E-state index contributed by atoms with van der Waals surface area (Å²) in [4.78, 5) is 25.4. The van der Waals surface area contributed by atoms with Crippen LogP contribution in [0.3, 0.4) is 0 Å². The first-order valence-electron chi connectivity index (χ1n) is 18.4. The molecular formula is C49H29N5O2. The molecule has 0 fully saturated rings. The molecule has 0 aliphatic carbocycles. The quantitative estimate of drug-likeness (QED) is 0.169. The zero-order chi connectivity index (χ0) is 37.0. The maximum absolute atomic E-state index is 6.48. The van der Waals surface area contributed by atoms with Gasteiger partial charge in [-0.05, 0) is 53.6 Å². The summed E-state index contributed by atoms with van der Waals surface area (Å²) in [5.41, 5.74) is 11.0. The largest absolute Gasteiger partial charge is 0.456 e. The van der Waals surface area contributed by atoms with Gasteiger partial charge in [0.05, 0.1) is 0 Å². The Balaban J connectivity index is 1.08. The maximum atomic E-state index is 6.48. The topological polar surface area (TPSA) is 90.7 Å². The third kappa shape index (κ3) is 5.41. The van der Waals surface area contributed by atoms with Gasteiger partial charge < -0.3 is 8.83 Å². The number of fused-ring (bicyclic) bond motifs is 6. The number of furan rings is 2. The molecule has 0 atom stereocenters. The molecule has 0 spiro atoms. The maximum Gasteiger partial charge on any atom is 0.180 e. The van der Waals surface area contributed by atoms with Crippen molar-refractivity contribution < 1.29 is 8.83 Å². The van der Waals surface area contributed by atoms with Crippen molar-refractivity contribution in [3.63, 3.8) is 0 Å². The Labute approximate surface area is 320 Å². The van der Waals surface area contributed by atoms with Crippen molar-refractivity contribution in [2.24, 2.45) is 0 Å². The van der Waals surface area contributed by atoms with Crippen LogP contribution in [0.2, 0.25) is 0 Å². The molecule has 7 nitrogen and oxygen atoms in total. The standard InChI is InChI=1S/C49H29N5O2/c1-3-14-30(15-4-1)46-52-47(31-16-5-2-6-17-31)54-49(53-46)37-22-8-7-20-35(37)32-18-13-19-34(28-32)48-50-43(45-44(51-48)38-23-10-12-25-41(38)56-45)33-26-27-42-39(29-33)36-21-9-11-24-40(36)55-42/h1-29H. The van der Waals surface area contributed by atoms with E-state index < -0.39 is 0 Å². The average molecular weight is 720 g/mol. The zero-order valence-electron chi connectivity index (χ0n) is 29.8. The molecule has 0 radical (unpaired) electrons. The van der Waals surface area contributed by atoms with E-state index in [0.717, 1.165) is 77.4 Å². The summed E-state index contributed by atoms with van der Waals surface area (Å²) < 4.78 is 12.6. The molecule has 0 unspecified atom stereocenters. The zero-order valence-corrected chi connectivity index (χ0v) is 29.8. The predicted octanol–water partition coefficient (Wildman–Crippen LogP) is 12.5. The first-order valence-corrected chi connectivity index (χ1v) is 18.4. The summed E-state index contributed by atoms with van der Waals surface area (Å²) in [5, 5.41) is 3.00. The fourth-order valence-electron chi connectivity index (χ4n) is 7.47. The van der Waals surface area contributed by atoms with Crippen LogP contribution in [-0.2, 0) is 0 Å². The molecule has 4 heterocycles. The van der Waals surface area contributed by atoms with Gasteiger partial charge in [-0.3, -0.25) is 0 Å². The highest BCUT2D eigenvalue weighted by atomic mass is 16.3. The molecule has 0 aliphatic heterocycles. The van der Waals surface area contributed by atoms with Crippen LogP contribution in [0.25, 0.3) is 112 Å². The minimum Gasteiger partial charge on any atom is -0.456 e. The minimum absolute atomic E-state index is 0.589. The highest BCUT2D eigenvalue weighted by Gasteiger charge is 2.21. The molecule has 0 bridgehead atoms. The molecule has 56 heavy (non-hydrogen) atoms. The van der Waals surface area contributed by atoms with Gasteiger partial charge >= 0.3 is 0 Å². The van der Waals surface area contributed by atoms with Crippen molar-refractivity contribution in [1.29, 1.82) is 0 Å². The van der Waals surface area contributed by atoms with Gasteiger partial charge in [-0.2, -0.15) is 0 Å². The van der Waals surface area contributed by atoms with Crippen molar-refractivity contribution in [1.82, 2.24) is 24.9 Å². The second kappa shape index (κ2) is 13.0. The Hall–Kier alpha value is -7.77. The van der Waals surface area contributed by atoms with Gasteiger partial charge in [-0.15, -0.1) is 0 Å². The lowest BCUT2D eigenvalue weighted by Crippen LogP contribution is -2.01. The summed E-state index contributed by atoms with van der Waals surface area (Å²) in [6.45, 7) is 0. The van der Waals surface area contributed by atoms with Gasteiger partial charge in [0.25, 0.3) is 0 Å². The molecule has 262 valence electrons. The average Bonchev–Trinajstić information content (AvgIpc) is 3.85. The van der Waals surface area contributed by atoms with Gasteiger partial charge in [0, 0.05) is 44.0 Å². The SMILES string of the molecule is c1ccc(-c2nc(-c3ccccc3)nc(-c3ccccc3-c3cccc(-c4nc(-c5ccc6oc7ccccc7c6c5)c5oc6ccccc6c5n4)c3)n2)cc1.